The van der Waals surface area contributed by atoms with Gasteiger partial charge in [-0.05, 0) is 12.8 Å². The van der Waals surface area contributed by atoms with Crippen molar-refractivity contribution in [1.82, 2.24) is 0 Å². The Morgan fingerprint density at radius 2 is 1.67 bits per heavy atom. The number of rotatable bonds is 3. The second-order valence-corrected chi connectivity index (χ2v) is 6.18. The zero-order valence-electron chi connectivity index (χ0n) is 8.80. The van der Waals surface area contributed by atoms with Gasteiger partial charge in [0, 0.05) is 12.5 Å². The summed E-state index contributed by atoms with van der Waals surface area (Å²) in [5.74, 6) is -0.370. The highest BCUT2D eigenvalue weighted by atomic mass is 31.2. The molecule has 0 aromatic carbocycles. The van der Waals surface area contributed by atoms with Gasteiger partial charge < -0.3 is 20.6 Å². The van der Waals surface area contributed by atoms with E-state index in [1.807, 2.05) is 0 Å². The van der Waals surface area contributed by atoms with Crippen molar-refractivity contribution in [2.45, 2.75) is 43.9 Å². The lowest BCUT2D eigenvalue weighted by Crippen LogP contribution is -2.44. The van der Waals surface area contributed by atoms with Crippen molar-refractivity contribution in [1.29, 1.82) is 0 Å². The van der Waals surface area contributed by atoms with E-state index >= 15 is 0 Å². The molecule has 1 aliphatic carbocycles. The molecule has 1 aliphatic rings. The van der Waals surface area contributed by atoms with Crippen LogP contribution < -0.4 is 5.73 Å². The van der Waals surface area contributed by atoms with Crippen LogP contribution in [0.1, 0.15) is 38.5 Å². The first-order chi connectivity index (χ1) is 6.92. The minimum Gasteiger partial charge on any atom is -0.376 e. The molecule has 0 bridgehead atoms. The van der Waals surface area contributed by atoms with Crippen LogP contribution in [0.25, 0.3) is 0 Å². The van der Waals surface area contributed by atoms with Crippen molar-refractivity contribution in [3.8, 4) is 0 Å². The summed E-state index contributed by atoms with van der Waals surface area (Å²) in [5, 5.41) is 8.00. The highest BCUT2D eigenvalue weighted by Gasteiger charge is 2.49. The number of hydrogen-bond donors (Lipinski definition) is 4. The van der Waals surface area contributed by atoms with Gasteiger partial charge in [-0.2, -0.15) is 0 Å². The minimum absolute atomic E-state index is 0.370. The van der Waals surface area contributed by atoms with Gasteiger partial charge in [-0.1, -0.05) is 25.7 Å². The van der Waals surface area contributed by atoms with Gasteiger partial charge in [0.1, 0.15) is 0 Å². The number of nitrogens with two attached hydrogens (primary N) is 1. The fourth-order valence-corrected chi connectivity index (χ4v) is 3.24. The fraction of sp³-hybridized carbons (Fsp3) is 1.00. The SMILES string of the molecule is NCC(O)(C1CCCCCC1)P(=O)(O)O. The molecule has 1 saturated carbocycles. The lowest BCUT2D eigenvalue weighted by molar-refractivity contribution is 0.0347. The van der Waals surface area contributed by atoms with E-state index in [9.17, 15) is 9.67 Å². The maximum absolute atomic E-state index is 11.3. The largest absolute Gasteiger partial charge is 0.376 e. The predicted molar refractivity (Wildman–Crippen MR) is 57.2 cm³/mol. The van der Waals surface area contributed by atoms with Crippen molar-refractivity contribution in [3.05, 3.63) is 0 Å². The Kier molecular flexibility index (Phi) is 4.32. The second kappa shape index (κ2) is 4.93. The van der Waals surface area contributed by atoms with Crippen LogP contribution in [-0.2, 0) is 4.57 Å². The summed E-state index contributed by atoms with van der Waals surface area (Å²) in [4.78, 5) is 18.3. The van der Waals surface area contributed by atoms with E-state index < -0.39 is 12.9 Å². The molecule has 0 saturated heterocycles. The molecular formula is C9H20NO4P. The fourth-order valence-electron chi connectivity index (χ4n) is 2.27. The molecule has 90 valence electrons. The molecule has 1 fully saturated rings. The van der Waals surface area contributed by atoms with Gasteiger partial charge in [-0.3, -0.25) is 4.57 Å². The summed E-state index contributed by atoms with van der Waals surface area (Å²) in [6, 6.07) is 0. The van der Waals surface area contributed by atoms with Crippen LogP contribution in [0.3, 0.4) is 0 Å². The highest BCUT2D eigenvalue weighted by Crippen LogP contribution is 2.54. The van der Waals surface area contributed by atoms with E-state index in [0.29, 0.717) is 12.8 Å². The summed E-state index contributed by atoms with van der Waals surface area (Å²) in [6.45, 7) is -0.373. The van der Waals surface area contributed by atoms with Crippen molar-refractivity contribution in [2.75, 3.05) is 6.54 Å². The molecule has 15 heavy (non-hydrogen) atoms. The van der Waals surface area contributed by atoms with Crippen LogP contribution in [0, 0.1) is 5.92 Å². The Labute approximate surface area is 89.8 Å². The molecule has 0 amide bonds. The van der Waals surface area contributed by atoms with Crippen molar-refractivity contribution < 1.29 is 19.5 Å². The van der Waals surface area contributed by atoms with Crippen LogP contribution in [0.4, 0.5) is 0 Å². The van der Waals surface area contributed by atoms with Gasteiger partial charge >= 0.3 is 7.60 Å². The molecule has 0 aromatic rings. The molecule has 1 atom stereocenters. The van der Waals surface area contributed by atoms with Gasteiger partial charge in [-0.15, -0.1) is 0 Å². The lowest BCUT2D eigenvalue weighted by atomic mass is 9.93. The molecule has 0 radical (unpaired) electrons. The van der Waals surface area contributed by atoms with Crippen LogP contribution in [0.5, 0.6) is 0 Å². The summed E-state index contributed by atoms with van der Waals surface area (Å²) >= 11 is 0. The zero-order valence-corrected chi connectivity index (χ0v) is 9.70. The van der Waals surface area contributed by atoms with Crippen molar-refractivity contribution >= 4 is 7.60 Å². The molecule has 0 heterocycles. The normalized spacial score (nSPS) is 24.5. The van der Waals surface area contributed by atoms with Crippen LogP contribution in [-0.4, -0.2) is 26.8 Å². The van der Waals surface area contributed by atoms with E-state index in [4.69, 9.17) is 15.5 Å². The number of aliphatic hydroxyl groups is 1. The molecule has 0 spiro atoms. The summed E-state index contributed by atoms with van der Waals surface area (Å²) in [5.41, 5.74) is 5.33. The zero-order chi connectivity index (χ0) is 11.5. The third-order valence-corrected chi connectivity index (χ3v) is 4.87. The third kappa shape index (κ3) is 2.80. The van der Waals surface area contributed by atoms with Crippen molar-refractivity contribution in [3.63, 3.8) is 0 Å². The minimum atomic E-state index is -4.54. The molecule has 5 N–H and O–H groups in total. The average molecular weight is 237 g/mol. The van der Waals surface area contributed by atoms with Crippen molar-refractivity contribution in [2.24, 2.45) is 11.7 Å². The standard InChI is InChI=1S/C9H20NO4P/c10-7-9(11,15(12,13)14)8-5-3-1-2-4-6-8/h8,11H,1-7,10H2,(H2,12,13,14). The van der Waals surface area contributed by atoms with Gasteiger partial charge in [0.25, 0.3) is 0 Å². The van der Waals surface area contributed by atoms with E-state index in [-0.39, 0.29) is 12.5 Å². The Bertz CT molecular complexity index is 246. The van der Waals surface area contributed by atoms with E-state index in [1.54, 1.807) is 0 Å². The molecule has 0 aromatic heterocycles. The third-order valence-electron chi connectivity index (χ3n) is 3.31. The van der Waals surface area contributed by atoms with Gasteiger partial charge in [0.2, 0.25) is 0 Å². The monoisotopic (exact) mass is 237 g/mol. The van der Waals surface area contributed by atoms with Crippen LogP contribution in [0.2, 0.25) is 0 Å². The van der Waals surface area contributed by atoms with E-state index in [0.717, 1.165) is 25.7 Å². The predicted octanol–water partition coefficient (Wildman–Crippen LogP) is 0.782. The lowest BCUT2D eigenvalue weighted by Gasteiger charge is -2.34. The Hall–Kier alpha value is 0.0700. The van der Waals surface area contributed by atoms with Crippen LogP contribution >= 0.6 is 7.60 Å². The first-order valence-corrected chi connectivity index (χ1v) is 7.01. The average Bonchev–Trinajstić information content (AvgIpc) is 2.43. The first kappa shape index (κ1) is 13.1. The Balaban J connectivity index is 2.84. The van der Waals surface area contributed by atoms with Gasteiger partial charge in [0.15, 0.2) is 5.34 Å². The van der Waals surface area contributed by atoms with E-state index in [2.05, 4.69) is 0 Å². The summed E-state index contributed by atoms with van der Waals surface area (Å²) in [6.07, 6.45) is 5.26. The summed E-state index contributed by atoms with van der Waals surface area (Å²) < 4.78 is 11.3. The van der Waals surface area contributed by atoms with Crippen LogP contribution in [0.15, 0.2) is 0 Å². The molecule has 1 unspecified atom stereocenters. The molecule has 5 nitrogen and oxygen atoms in total. The topological polar surface area (TPSA) is 104 Å². The Morgan fingerprint density at radius 1 is 1.20 bits per heavy atom. The molecule has 0 aliphatic heterocycles. The quantitative estimate of drug-likeness (QED) is 0.429. The van der Waals surface area contributed by atoms with Gasteiger partial charge in [0.05, 0.1) is 0 Å². The highest BCUT2D eigenvalue weighted by molar-refractivity contribution is 7.53. The second-order valence-electron chi connectivity index (χ2n) is 4.32. The maximum atomic E-state index is 11.3. The first-order valence-electron chi connectivity index (χ1n) is 5.40. The Morgan fingerprint density at radius 3 is 2.00 bits per heavy atom. The number of hydrogen-bond acceptors (Lipinski definition) is 3. The molecule has 1 rings (SSSR count). The maximum Gasteiger partial charge on any atom is 0.358 e. The van der Waals surface area contributed by atoms with Gasteiger partial charge in [-0.25, -0.2) is 0 Å². The molecular weight excluding hydrogens is 217 g/mol. The smallest absolute Gasteiger partial charge is 0.358 e. The van der Waals surface area contributed by atoms with E-state index in [1.165, 1.54) is 0 Å². The summed E-state index contributed by atoms with van der Waals surface area (Å²) in [7, 11) is -4.54. The molecule has 6 heteroatoms.